The lowest BCUT2D eigenvalue weighted by Crippen LogP contribution is -2.23. The van der Waals surface area contributed by atoms with Gasteiger partial charge >= 0.3 is 0 Å². The molecule has 108 valence electrons. The molecule has 2 unspecified atom stereocenters. The molecule has 2 atom stereocenters. The molecule has 3 nitrogen and oxygen atoms in total. The molecule has 0 radical (unpaired) electrons. The van der Waals surface area contributed by atoms with Crippen LogP contribution in [0, 0.1) is 5.92 Å². The molecule has 0 aliphatic rings. The van der Waals surface area contributed by atoms with Crippen LogP contribution in [-0.4, -0.2) is 31.1 Å². The van der Waals surface area contributed by atoms with E-state index >= 15 is 0 Å². The monoisotopic (exact) mass is 283 g/mol. The van der Waals surface area contributed by atoms with Gasteiger partial charge in [-0.15, -0.1) is 11.8 Å². The van der Waals surface area contributed by atoms with E-state index in [2.05, 4.69) is 30.4 Å². The maximum absolute atomic E-state index is 9.32. The minimum atomic E-state index is -0.224. The molecule has 0 heterocycles. The summed E-state index contributed by atoms with van der Waals surface area (Å²) in [5.74, 6) is 1.41. The second-order valence-electron chi connectivity index (χ2n) is 5.01. The first-order valence-corrected chi connectivity index (χ1v) is 7.89. The highest BCUT2D eigenvalue weighted by Crippen LogP contribution is 2.28. The molecule has 19 heavy (non-hydrogen) atoms. The van der Waals surface area contributed by atoms with E-state index in [0.717, 1.165) is 30.2 Å². The molecule has 1 aromatic rings. The maximum Gasteiger partial charge on any atom is 0.132 e. The van der Waals surface area contributed by atoms with Crippen LogP contribution in [0.5, 0.6) is 5.75 Å². The van der Waals surface area contributed by atoms with Crippen LogP contribution in [0.4, 0.5) is 0 Å². The molecule has 4 heteroatoms. The van der Waals surface area contributed by atoms with Crippen LogP contribution >= 0.6 is 11.8 Å². The van der Waals surface area contributed by atoms with Gasteiger partial charge in [-0.2, -0.15) is 0 Å². The minimum Gasteiger partial charge on any atom is -0.496 e. The van der Waals surface area contributed by atoms with E-state index in [9.17, 15) is 5.11 Å². The number of rotatable bonds is 8. The van der Waals surface area contributed by atoms with Crippen molar-refractivity contribution in [2.75, 3.05) is 19.9 Å². The first kappa shape index (κ1) is 16.3. The third-order valence-electron chi connectivity index (χ3n) is 3.01. The molecule has 0 saturated heterocycles. The molecule has 0 amide bonds. The second kappa shape index (κ2) is 8.46. The van der Waals surface area contributed by atoms with Gasteiger partial charge in [-0.25, -0.2) is 0 Å². The molecule has 0 bridgehead atoms. The SMILES string of the molecule is COc1cc(CNCC(C)CC(C)O)ccc1SC. The Balaban J connectivity index is 2.45. The van der Waals surface area contributed by atoms with Crippen LogP contribution in [0.2, 0.25) is 0 Å². The average Bonchev–Trinajstić information content (AvgIpc) is 2.37. The van der Waals surface area contributed by atoms with Crippen LogP contribution < -0.4 is 10.1 Å². The third kappa shape index (κ3) is 5.85. The molecular weight excluding hydrogens is 258 g/mol. The van der Waals surface area contributed by atoms with E-state index in [-0.39, 0.29) is 6.10 Å². The summed E-state index contributed by atoms with van der Waals surface area (Å²) in [6, 6.07) is 6.30. The summed E-state index contributed by atoms with van der Waals surface area (Å²) in [4.78, 5) is 1.16. The van der Waals surface area contributed by atoms with Gasteiger partial charge in [-0.05, 0) is 49.8 Å². The maximum atomic E-state index is 9.32. The van der Waals surface area contributed by atoms with Crippen LogP contribution in [0.1, 0.15) is 25.8 Å². The van der Waals surface area contributed by atoms with E-state index in [1.807, 2.05) is 13.2 Å². The number of hydrogen-bond acceptors (Lipinski definition) is 4. The van der Waals surface area contributed by atoms with Crippen molar-refractivity contribution in [3.05, 3.63) is 23.8 Å². The molecule has 1 rings (SSSR count). The van der Waals surface area contributed by atoms with E-state index < -0.39 is 0 Å². The number of hydrogen-bond donors (Lipinski definition) is 2. The molecule has 0 aromatic heterocycles. The fourth-order valence-corrected chi connectivity index (χ4v) is 2.67. The Hall–Kier alpha value is -0.710. The van der Waals surface area contributed by atoms with Gasteiger partial charge in [-0.3, -0.25) is 0 Å². The summed E-state index contributed by atoms with van der Waals surface area (Å²) in [5, 5.41) is 12.7. The van der Waals surface area contributed by atoms with E-state index in [4.69, 9.17) is 4.74 Å². The van der Waals surface area contributed by atoms with Crippen molar-refractivity contribution in [1.82, 2.24) is 5.32 Å². The van der Waals surface area contributed by atoms with Gasteiger partial charge in [0.1, 0.15) is 5.75 Å². The molecule has 0 aliphatic carbocycles. The summed E-state index contributed by atoms with van der Waals surface area (Å²) in [5.41, 5.74) is 1.22. The molecule has 0 saturated carbocycles. The molecule has 1 aromatic carbocycles. The van der Waals surface area contributed by atoms with Gasteiger partial charge in [0.05, 0.1) is 13.2 Å². The van der Waals surface area contributed by atoms with Gasteiger partial charge in [0.25, 0.3) is 0 Å². The smallest absolute Gasteiger partial charge is 0.132 e. The van der Waals surface area contributed by atoms with Crippen molar-refractivity contribution in [3.8, 4) is 5.75 Å². The summed E-state index contributed by atoms with van der Waals surface area (Å²) < 4.78 is 5.38. The number of benzene rings is 1. The summed E-state index contributed by atoms with van der Waals surface area (Å²) in [6.45, 7) is 5.73. The Morgan fingerprint density at radius 3 is 2.68 bits per heavy atom. The Kier molecular flexibility index (Phi) is 7.28. The molecule has 0 aliphatic heterocycles. The van der Waals surface area contributed by atoms with Gasteiger partial charge in [0.2, 0.25) is 0 Å². The number of methoxy groups -OCH3 is 1. The van der Waals surface area contributed by atoms with Crippen molar-refractivity contribution in [1.29, 1.82) is 0 Å². The van der Waals surface area contributed by atoms with Gasteiger partial charge in [0, 0.05) is 11.4 Å². The predicted octanol–water partition coefficient (Wildman–Crippen LogP) is 2.91. The minimum absolute atomic E-state index is 0.224. The normalized spacial score (nSPS) is 14.2. The fourth-order valence-electron chi connectivity index (χ4n) is 2.12. The number of thioether (sulfide) groups is 1. The fraction of sp³-hybridized carbons (Fsp3) is 0.600. The zero-order valence-corrected chi connectivity index (χ0v) is 13.1. The van der Waals surface area contributed by atoms with Crippen molar-refractivity contribution in [2.24, 2.45) is 5.92 Å². The number of ether oxygens (including phenoxy) is 1. The molecule has 0 fully saturated rings. The highest BCUT2D eigenvalue weighted by Gasteiger charge is 2.07. The van der Waals surface area contributed by atoms with Crippen molar-refractivity contribution in [3.63, 3.8) is 0 Å². The zero-order chi connectivity index (χ0) is 14.3. The Bertz CT molecular complexity index is 382. The number of nitrogens with one attached hydrogen (secondary N) is 1. The Labute approximate surface area is 120 Å². The van der Waals surface area contributed by atoms with Crippen LogP contribution in [-0.2, 0) is 6.54 Å². The Morgan fingerprint density at radius 2 is 2.11 bits per heavy atom. The number of aliphatic hydroxyl groups is 1. The number of aliphatic hydroxyl groups excluding tert-OH is 1. The quantitative estimate of drug-likeness (QED) is 0.720. The average molecular weight is 283 g/mol. The molecule has 0 spiro atoms. The summed E-state index contributed by atoms with van der Waals surface area (Å²) >= 11 is 1.69. The lowest BCUT2D eigenvalue weighted by atomic mass is 10.0. The van der Waals surface area contributed by atoms with Crippen molar-refractivity contribution >= 4 is 11.8 Å². The van der Waals surface area contributed by atoms with Crippen LogP contribution in [0.15, 0.2) is 23.1 Å². The topological polar surface area (TPSA) is 41.5 Å². The van der Waals surface area contributed by atoms with Crippen LogP contribution in [0.3, 0.4) is 0 Å². The summed E-state index contributed by atoms with van der Waals surface area (Å²) in [7, 11) is 1.71. The lowest BCUT2D eigenvalue weighted by molar-refractivity contribution is 0.163. The standard InChI is InChI=1S/C15H25NO2S/c1-11(7-12(2)17)9-16-10-13-5-6-15(19-4)14(8-13)18-3/h5-6,8,11-12,16-17H,7,9-10H2,1-4H3. The first-order valence-electron chi connectivity index (χ1n) is 6.66. The van der Waals surface area contributed by atoms with Crippen molar-refractivity contribution < 1.29 is 9.84 Å². The Morgan fingerprint density at radius 1 is 1.37 bits per heavy atom. The molecule has 2 N–H and O–H groups in total. The predicted molar refractivity (Wildman–Crippen MR) is 81.9 cm³/mol. The van der Waals surface area contributed by atoms with E-state index in [0.29, 0.717) is 5.92 Å². The third-order valence-corrected chi connectivity index (χ3v) is 3.79. The van der Waals surface area contributed by atoms with Gasteiger partial charge < -0.3 is 15.2 Å². The molecular formula is C15H25NO2S. The first-order chi connectivity index (χ1) is 9.06. The van der Waals surface area contributed by atoms with Crippen molar-refractivity contribution in [2.45, 2.75) is 37.8 Å². The zero-order valence-electron chi connectivity index (χ0n) is 12.3. The summed E-state index contributed by atoms with van der Waals surface area (Å²) in [6.07, 6.45) is 2.66. The van der Waals surface area contributed by atoms with E-state index in [1.54, 1.807) is 18.9 Å². The lowest BCUT2D eigenvalue weighted by Gasteiger charge is -2.15. The highest BCUT2D eigenvalue weighted by molar-refractivity contribution is 7.98. The van der Waals surface area contributed by atoms with Gasteiger partial charge in [-0.1, -0.05) is 13.0 Å². The van der Waals surface area contributed by atoms with Crippen LogP contribution in [0.25, 0.3) is 0 Å². The second-order valence-corrected chi connectivity index (χ2v) is 5.86. The van der Waals surface area contributed by atoms with Gasteiger partial charge in [0.15, 0.2) is 0 Å². The largest absolute Gasteiger partial charge is 0.496 e. The van der Waals surface area contributed by atoms with E-state index in [1.165, 1.54) is 5.56 Å². The highest BCUT2D eigenvalue weighted by atomic mass is 32.2.